The Balaban J connectivity index is 2.31. The van der Waals surface area contributed by atoms with Crippen LogP contribution in [0.4, 0.5) is 4.79 Å². The van der Waals surface area contributed by atoms with E-state index in [0.717, 1.165) is 13.1 Å². The minimum atomic E-state index is -0.603. The second kappa shape index (κ2) is 8.16. The quantitative estimate of drug-likeness (QED) is 0.595. The molecule has 0 aromatic rings. The SMILES string of the molecule is CN(C)C[C@@H](O)CN1CCN(C(=O)CN(C)C(N)=O)CC1. The Kier molecular flexibility index (Phi) is 6.86. The molecule has 8 nitrogen and oxygen atoms in total. The Labute approximate surface area is 126 Å². The van der Waals surface area contributed by atoms with Crippen molar-refractivity contribution in [3.05, 3.63) is 0 Å². The maximum Gasteiger partial charge on any atom is 0.314 e. The Morgan fingerprint density at radius 3 is 2.24 bits per heavy atom. The van der Waals surface area contributed by atoms with Gasteiger partial charge in [-0.25, -0.2) is 4.79 Å². The maximum absolute atomic E-state index is 12.0. The van der Waals surface area contributed by atoms with Crippen molar-refractivity contribution in [2.24, 2.45) is 5.73 Å². The number of aliphatic hydroxyl groups is 1. The summed E-state index contributed by atoms with van der Waals surface area (Å²) in [4.78, 5) is 29.9. The number of primary amides is 1. The first kappa shape index (κ1) is 17.7. The molecule has 0 spiro atoms. The molecule has 21 heavy (non-hydrogen) atoms. The predicted octanol–water partition coefficient (Wildman–Crippen LogP) is -1.94. The van der Waals surface area contributed by atoms with Gasteiger partial charge in [0.05, 0.1) is 6.10 Å². The van der Waals surface area contributed by atoms with Crippen molar-refractivity contribution in [3.8, 4) is 0 Å². The van der Waals surface area contributed by atoms with Gasteiger partial charge in [0, 0.05) is 46.3 Å². The number of piperazine rings is 1. The average Bonchev–Trinajstić information content (AvgIpc) is 2.38. The zero-order valence-electron chi connectivity index (χ0n) is 13.2. The number of nitrogens with zero attached hydrogens (tertiary/aromatic N) is 4. The number of nitrogens with two attached hydrogens (primary N) is 1. The van der Waals surface area contributed by atoms with Gasteiger partial charge in [-0.3, -0.25) is 9.69 Å². The molecule has 0 unspecified atom stereocenters. The molecule has 1 heterocycles. The molecule has 0 aliphatic carbocycles. The lowest BCUT2D eigenvalue weighted by Crippen LogP contribution is -2.53. The summed E-state index contributed by atoms with van der Waals surface area (Å²) in [6, 6.07) is -0.603. The summed E-state index contributed by atoms with van der Waals surface area (Å²) < 4.78 is 0. The van der Waals surface area contributed by atoms with Crippen LogP contribution in [0.25, 0.3) is 0 Å². The number of hydrogen-bond donors (Lipinski definition) is 2. The van der Waals surface area contributed by atoms with Crippen LogP contribution in [-0.2, 0) is 4.79 Å². The van der Waals surface area contributed by atoms with Gasteiger partial charge in [0.25, 0.3) is 0 Å². The highest BCUT2D eigenvalue weighted by molar-refractivity contribution is 5.83. The highest BCUT2D eigenvalue weighted by atomic mass is 16.3. The van der Waals surface area contributed by atoms with Crippen LogP contribution in [0.2, 0.25) is 0 Å². The number of aliphatic hydroxyl groups excluding tert-OH is 1. The third-order valence-corrected chi connectivity index (χ3v) is 3.52. The van der Waals surface area contributed by atoms with E-state index in [1.807, 2.05) is 19.0 Å². The van der Waals surface area contributed by atoms with Crippen LogP contribution in [0.15, 0.2) is 0 Å². The molecule has 0 bridgehead atoms. The third-order valence-electron chi connectivity index (χ3n) is 3.52. The van der Waals surface area contributed by atoms with Crippen molar-refractivity contribution in [2.45, 2.75) is 6.10 Å². The molecule has 8 heteroatoms. The monoisotopic (exact) mass is 301 g/mol. The van der Waals surface area contributed by atoms with Crippen LogP contribution < -0.4 is 5.73 Å². The number of rotatable bonds is 6. The number of likely N-dealkylation sites (N-methyl/N-ethyl adjacent to an activating group) is 2. The van der Waals surface area contributed by atoms with Crippen molar-refractivity contribution in [2.75, 3.05) is 67.0 Å². The molecule has 1 aliphatic heterocycles. The molecule has 0 aromatic heterocycles. The standard InChI is InChI=1S/C13H27N5O3/c1-15(2)8-11(19)9-17-4-6-18(7-5-17)12(20)10-16(3)13(14)21/h11,19H,4-10H2,1-3H3,(H2,14,21)/t11-/m1/s1. The molecule has 1 aliphatic rings. The Bertz CT molecular complexity index is 356. The van der Waals surface area contributed by atoms with Gasteiger partial charge in [0.15, 0.2) is 0 Å². The molecular weight excluding hydrogens is 274 g/mol. The van der Waals surface area contributed by atoms with Crippen LogP contribution in [0.3, 0.4) is 0 Å². The van der Waals surface area contributed by atoms with E-state index in [0.29, 0.717) is 26.2 Å². The third kappa shape index (κ3) is 6.28. The van der Waals surface area contributed by atoms with Crippen molar-refractivity contribution < 1.29 is 14.7 Å². The topological polar surface area (TPSA) is 93.3 Å². The number of amides is 3. The van der Waals surface area contributed by atoms with E-state index in [1.165, 1.54) is 11.9 Å². The van der Waals surface area contributed by atoms with Crippen LogP contribution >= 0.6 is 0 Å². The molecule has 122 valence electrons. The number of carbonyl (C=O) groups is 2. The average molecular weight is 301 g/mol. The number of hydrogen-bond acceptors (Lipinski definition) is 5. The summed E-state index contributed by atoms with van der Waals surface area (Å²) in [6.07, 6.45) is -0.386. The van der Waals surface area contributed by atoms with E-state index in [4.69, 9.17) is 5.73 Å². The Hall–Kier alpha value is -1.38. The molecule has 3 N–H and O–H groups in total. The molecule has 0 saturated carbocycles. The minimum absolute atomic E-state index is 0.0125. The van der Waals surface area contributed by atoms with Gasteiger partial charge in [0.2, 0.25) is 5.91 Å². The van der Waals surface area contributed by atoms with E-state index in [-0.39, 0.29) is 18.6 Å². The van der Waals surface area contributed by atoms with Gasteiger partial charge >= 0.3 is 6.03 Å². The van der Waals surface area contributed by atoms with Gasteiger partial charge in [-0.15, -0.1) is 0 Å². The van der Waals surface area contributed by atoms with Gasteiger partial charge in [0.1, 0.15) is 6.54 Å². The molecule has 1 rings (SSSR count). The molecule has 1 atom stereocenters. The smallest absolute Gasteiger partial charge is 0.314 e. The second-order valence-corrected chi connectivity index (χ2v) is 5.79. The van der Waals surface area contributed by atoms with E-state index in [1.54, 1.807) is 4.90 Å². The molecule has 1 saturated heterocycles. The first-order valence-corrected chi connectivity index (χ1v) is 7.13. The van der Waals surface area contributed by atoms with E-state index in [2.05, 4.69) is 4.90 Å². The summed E-state index contributed by atoms with van der Waals surface area (Å²) in [5, 5.41) is 9.91. The highest BCUT2D eigenvalue weighted by Crippen LogP contribution is 2.04. The van der Waals surface area contributed by atoms with E-state index >= 15 is 0 Å². The maximum atomic E-state index is 12.0. The highest BCUT2D eigenvalue weighted by Gasteiger charge is 2.23. The van der Waals surface area contributed by atoms with Gasteiger partial charge in [-0.05, 0) is 14.1 Å². The molecule has 0 radical (unpaired) electrons. The summed E-state index contributed by atoms with van der Waals surface area (Å²) in [5.74, 6) is -0.0928. The zero-order valence-corrected chi connectivity index (χ0v) is 13.2. The Morgan fingerprint density at radius 1 is 1.19 bits per heavy atom. The fourth-order valence-electron chi connectivity index (χ4n) is 2.34. The van der Waals surface area contributed by atoms with Crippen molar-refractivity contribution in [1.82, 2.24) is 19.6 Å². The zero-order chi connectivity index (χ0) is 16.0. The van der Waals surface area contributed by atoms with Crippen LogP contribution in [0.5, 0.6) is 0 Å². The predicted molar refractivity (Wildman–Crippen MR) is 79.8 cm³/mol. The van der Waals surface area contributed by atoms with E-state index in [9.17, 15) is 14.7 Å². The lowest BCUT2D eigenvalue weighted by molar-refractivity contribution is -0.133. The normalized spacial score (nSPS) is 17.9. The number of carbonyl (C=O) groups excluding carboxylic acids is 2. The second-order valence-electron chi connectivity index (χ2n) is 5.79. The molecule has 1 fully saturated rings. The molecule has 0 aromatic carbocycles. The summed E-state index contributed by atoms with van der Waals surface area (Å²) in [5.41, 5.74) is 5.11. The van der Waals surface area contributed by atoms with Gasteiger partial charge in [-0.2, -0.15) is 0 Å². The summed E-state index contributed by atoms with van der Waals surface area (Å²) in [7, 11) is 5.36. The number of β-amino-alcohol motifs (C(OH)–C–C–N with tert-alkyl or cyclic N) is 1. The number of urea groups is 1. The van der Waals surface area contributed by atoms with Gasteiger partial charge in [-0.1, -0.05) is 0 Å². The van der Waals surface area contributed by atoms with Crippen LogP contribution in [0, 0.1) is 0 Å². The van der Waals surface area contributed by atoms with Gasteiger partial charge < -0.3 is 25.5 Å². The van der Waals surface area contributed by atoms with Crippen molar-refractivity contribution >= 4 is 11.9 Å². The summed E-state index contributed by atoms with van der Waals surface area (Å²) >= 11 is 0. The molecular formula is C13H27N5O3. The first-order chi connectivity index (χ1) is 9.79. The Morgan fingerprint density at radius 2 is 1.76 bits per heavy atom. The fourth-order valence-corrected chi connectivity index (χ4v) is 2.34. The first-order valence-electron chi connectivity index (χ1n) is 7.13. The minimum Gasteiger partial charge on any atom is -0.390 e. The largest absolute Gasteiger partial charge is 0.390 e. The van der Waals surface area contributed by atoms with Crippen LogP contribution in [0.1, 0.15) is 0 Å². The lowest BCUT2D eigenvalue weighted by Gasteiger charge is -2.36. The molecule has 3 amide bonds. The fraction of sp³-hybridized carbons (Fsp3) is 0.846. The van der Waals surface area contributed by atoms with Crippen LogP contribution in [-0.4, -0.2) is 110 Å². The van der Waals surface area contributed by atoms with Crippen molar-refractivity contribution in [1.29, 1.82) is 0 Å². The van der Waals surface area contributed by atoms with E-state index < -0.39 is 6.03 Å². The lowest BCUT2D eigenvalue weighted by atomic mass is 10.2. The van der Waals surface area contributed by atoms with Crippen molar-refractivity contribution in [3.63, 3.8) is 0 Å². The summed E-state index contributed by atoms with van der Waals surface area (Å²) in [6.45, 7) is 3.94.